The zero-order valence-corrected chi connectivity index (χ0v) is 20.5. The highest BCUT2D eigenvalue weighted by atomic mass is 32.1. The maximum atomic E-state index is 13.9. The molecule has 1 aromatic carbocycles. The molecule has 2 aromatic heterocycles. The third-order valence-corrected chi connectivity index (χ3v) is 8.08. The van der Waals surface area contributed by atoms with Crippen LogP contribution in [0.5, 0.6) is 11.5 Å². The molecule has 0 spiro atoms. The van der Waals surface area contributed by atoms with Gasteiger partial charge in [-0.1, -0.05) is 43.5 Å². The zero-order chi connectivity index (χ0) is 23.3. The van der Waals surface area contributed by atoms with E-state index in [0.29, 0.717) is 18.0 Å². The Bertz CT molecular complexity index is 1090. The number of carbonyl (C=O) groups excluding carboxylic acids is 2. The molecule has 0 saturated heterocycles. The van der Waals surface area contributed by atoms with E-state index in [1.807, 2.05) is 53.2 Å². The van der Waals surface area contributed by atoms with Gasteiger partial charge in [0.05, 0.1) is 6.54 Å². The lowest BCUT2D eigenvalue weighted by atomic mass is 9.95. The van der Waals surface area contributed by atoms with E-state index >= 15 is 0 Å². The van der Waals surface area contributed by atoms with Crippen molar-refractivity contribution in [2.24, 2.45) is 0 Å². The molecule has 2 atom stereocenters. The van der Waals surface area contributed by atoms with Crippen LogP contribution in [-0.2, 0) is 16.1 Å². The highest BCUT2D eigenvalue weighted by Gasteiger charge is 2.39. The van der Waals surface area contributed by atoms with Crippen molar-refractivity contribution in [1.82, 2.24) is 10.2 Å². The Hall–Kier alpha value is -2.84. The fraction of sp³-hybridized carbons (Fsp3) is 0.385. The highest BCUT2D eigenvalue weighted by Crippen LogP contribution is 2.34. The van der Waals surface area contributed by atoms with Crippen molar-refractivity contribution in [3.8, 4) is 11.5 Å². The summed E-state index contributed by atoms with van der Waals surface area (Å²) in [6, 6.07) is 14.6. The molecule has 1 aliphatic heterocycles. The Morgan fingerprint density at radius 2 is 1.74 bits per heavy atom. The number of nitrogens with zero attached hydrogens (tertiary/aromatic N) is 1. The second kappa shape index (κ2) is 10.6. The number of ether oxygens (including phenoxy) is 2. The van der Waals surface area contributed by atoms with Gasteiger partial charge < -0.3 is 19.7 Å². The first-order valence-electron chi connectivity index (χ1n) is 11.7. The standard InChI is InChI=1S/C26H28N2O4S2/c29-25(27-18-8-2-1-3-9-18)24(23-13-7-15-34-23)28(16-19-10-6-14-33-19)26(30)22-17-31-20-11-4-5-12-21(20)32-22/h4-7,10-15,18,22,24H,1-3,8-9,16-17H2,(H,27,29)/t22-,24+/m1/s1. The van der Waals surface area contributed by atoms with Crippen molar-refractivity contribution in [1.29, 1.82) is 0 Å². The summed E-state index contributed by atoms with van der Waals surface area (Å²) in [5.74, 6) is 0.792. The molecule has 6 nitrogen and oxygen atoms in total. The van der Waals surface area contributed by atoms with Crippen molar-refractivity contribution in [2.45, 2.75) is 56.8 Å². The second-order valence-electron chi connectivity index (χ2n) is 8.67. The van der Waals surface area contributed by atoms with Crippen LogP contribution in [0.2, 0.25) is 0 Å². The molecule has 178 valence electrons. The van der Waals surface area contributed by atoms with Crippen LogP contribution in [0.1, 0.15) is 47.9 Å². The number of nitrogens with one attached hydrogen (secondary N) is 1. The van der Waals surface area contributed by atoms with Gasteiger partial charge in [-0.15, -0.1) is 22.7 Å². The fourth-order valence-corrected chi connectivity index (χ4v) is 6.13. The van der Waals surface area contributed by atoms with E-state index in [4.69, 9.17) is 9.47 Å². The van der Waals surface area contributed by atoms with E-state index in [1.165, 1.54) is 17.8 Å². The average Bonchev–Trinajstić information content (AvgIpc) is 3.58. The number of hydrogen-bond donors (Lipinski definition) is 1. The molecule has 0 bridgehead atoms. The molecule has 2 amide bonds. The maximum absolute atomic E-state index is 13.9. The normalized spacial score (nSPS) is 18.8. The highest BCUT2D eigenvalue weighted by molar-refractivity contribution is 7.10. The van der Waals surface area contributed by atoms with Crippen molar-refractivity contribution >= 4 is 34.5 Å². The van der Waals surface area contributed by atoms with E-state index in [1.54, 1.807) is 22.3 Å². The SMILES string of the molecule is O=C(NC1CCCCC1)[C@H](c1cccs1)N(Cc1cccs1)C(=O)[C@H]1COc2ccccc2O1. The molecule has 3 aromatic rings. The average molecular weight is 497 g/mol. The summed E-state index contributed by atoms with van der Waals surface area (Å²) in [6.45, 7) is 0.441. The predicted octanol–water partition coefficient (Wildman–Crippen LogP) is 5.17. The summed E-state index contributed by atoms with van der Waals surface area (Å²) in [6.07, 6.45) is 4.61. The van der Waals surface area contributed by atoms with Crippen LogP contribution < -0.4 is 14.8 Å². The van der Waals surface area contributed by atoms with Crippen molar-refractivity contribution < 1.29 is 19.1 Å². The summed E-state index contributed by atoms with van der Waals surface area (Å²) in [5, 5.41) is 7.17. The third kappa shape index (κ3) is 5.13. The molecule has 1 aliphatic carbocycles. The largest absolute Gasteiger partial charge is 0.485 e. The number of carbonyl (C=O) groups is 2. The Kier molecular flexibility index (Phi) is 7.16. The summed E-state index contributed by atoms with van der Waals surface area (Å²) < 4.78 is 11.9. The molecule has 8 heteroatoms. The first kappa shape index (κ1) is 22.9. The minimum atomic E-state index is -0.820. The molecule has 1 N–H and O–H groups in total. The Balaban J connectivity index is 1.44. The first-order chi connectivity index (χ1) is 16.7. The van der Waals surface area contributed by atoms with E-state index in [2.05, 4.69) is 5.32 Å². The number of benzene rings is 1. The fourth-order valence-electron chi connectivity index (χ4n) is 4.59. The molecule has 34 heavy (non-hydrogen) atoms. The van der Waals surface area contributed by atoms with E-state index < -0.39 is 12.1 Å². The topological polar surface area (TPSA) is 67.9 Å². The van der Waals surface area contributed by atoms with Crippen molar-refractivity contribution in [3.63, 3.8) is 0 Å². The van der Waals surface area contributed by atoms with Gasteiger partial charge in [0.15, 0.2) is 11.5 Å². The van der Waals surface area contributed by atoms with E-state index in [0.717, 1.165) is 35.4 Å². The van der Waals surface area contributed by atoms with Crippen molar-refractivity contribution in [2.75, 3.05) is 6.61 Å². The van der Waals surface area contributed by atoms with E-state index in [9.17, 15) is 9.59 Å². The number of amides is 2. The van der Waals surface area contributed by atoms with Crippen LogP contribution in [-0.4, -0.2) is 35.5 Å². The monoisotopic (exact) mass is 496 g/mol. The van der Waals surface area contributed by atoms with Gasteiger partial charge in [-0.2, -0.15) is 0 Å². The van der Waals surface area contributed by atoms with Crippen LogP contribution in [0.15, 0.2) is 59.3 Å². The van der Waals surface area contributed by atoms with Crippen LogP contribution in [0, 0.1) is 0 Å². The van der Waals surface area contributed by atoms with E-state index in [-0.39, 0.29) is 24.5 Å². The van der Waals surface area contributed by atoms with Gasteiger partial charge in [0.1, 0.15) is 12.6 Å². The van der Waals surface area contributed by atoms with Gasteiger partial charge in [-0.05, 0) is 47.9 Å². The summed E-state index contributed by atoms with van der Waals surface area (Å²) in [4.78, 5) is 31.1. The second-order valence-corrected chi connectivity index (χ2v) is 10.7. The van der Waals surface area contributed by atoms with Gasteiger partial charge in [0, 0.05) is 15.8 Å². The molecule has 2 aliphatic rings. The third-order valence-electron chi connectivity index (χ3n) is 6.30. The molecule has 0 unspecified atom stereocenters. The molecular formula is C26H28N2O4S2. The molecule has 3 heterocycles. The minimum absolute atomic E-state index is 0.109. The quantitative estimate of drug-likeness (QED) is 0.490. The maximum Gasteiger partial charge on any atom is 0.268 e. The van der Waals surface area contributed by atoms with Gasteiger partial charge in [-0.3, -0.25) is 9.59 Å². The van der Waals surface area contributed by atoms with Crippen LogP contribution in [0.4, 0.5) is 0 Å². The lowest BCUT2D eigenvalue weighted by Gasteiger charge is -2.35. The Morgan fingerprint density at radius 3 is 2.47 bits per heavy atom. The number of fused-ring (bicyclic) bond motifs is 1. The molecule has 0 radical (unpaired) electrons. The van der Waals surface area contributed by atoms with Gasteiger partial charge in [0.25, 0.3) is 5.91 Å². The number of thiophene rings is 2. The molecule has 5 rings (SSSR count). The van der Waals surface area contributed by atoms with Crippen LogP contribution in [0.3, 0.4) is 0 Å². The predicted molar refractivity (Wildman–Crippen MR) is 133 cm³/mol. The summed E-state index contributed by atoms with van der Waals surface area (Å²) in [7, 11) is 0. The van der Waals surface area contributed by atoms with Gasteiger partial charge >= 0.3 is 0 Å². The summed E-state index contributed by atoms with van der Waals surface area (Å²) >= 11 is 3.06. The van der Waals surface area contributed by atoms with Gasteiger partial charge in [0.2, 0.25) is 12.0 Å². The number of para-hydroxylation sites is 2. The lowest BCUT2D eigenvalue weighted by Crippen LogP contribution is -2.51. The Morgan fingerprint density at radius 1 is 0.971 bits per heavy atom. The van der Waals surface area contributed by atoms with Crippen LogP contribution >= 0.6 is 22.7 Å². The van der Waals surface area contributed by atoms with Crippen molar-refractivity contribution in [3.05, 3.63) is 69.0 Å². The zero-order valence-electron chi connectivity index (χ0n) is 18.9. The Labute approximate surface area is 207 Å². The number of rotatable bonds is 7. The number of hydrogen-bond acceptors (Lipinski definition) is 6. The van der Waals surface area contributed by atoms with Gasteiger partial charge in [-0.25, -0.2) is 0 Å². The smallest absolute Gasteiger partial charge is 0.268 e. The molecular weight excluding hydrogens is 468 g/mol. The van der Waals surface area contributed by atoms with Crippen LogP contribution in [0.25, 0.3) is 0 Å². The minimum Gasteiger partial charge on any atom is -0.485 e. The lowest BCUT2D eigenvalue weighted by molar-refractivity contribution is -0.149. The first-order valence-corrected chi connectivity index (χ1v) is 13.5. The molecule has 1 saturated carbocycles. The molecule has 1 fully saturated rings. The summed E-state index contributed by atoms with van der Waals surface area (Å²) in [5.41, 5.74) is 0.